The summed E-state index contributed by atoms with van der Waals surface area (Å²) in [7, 11) is 0. The third kappa shape index (κ3) is 3.35. The molecule has 1 unspecified atom stereocenters. The summed E-state index contributed by atoms with van der Waals surface area (Å²) in [6.45, 7) is 6.97. The summed E-state index contributed by atoms with van der Waals surface area (Å²) in [5, 5.41) is 3.53. The first kappa shape index (κ1) is 11.7. The molecule has 2 rings (SSSR count). The maximum Gasteiger partial charge on any atom is 0.0950 e. The lowest BCUT2D eigenvalue weighted by Gasteiger charge is -2.27. The molecule has 0 saturated carbocycles. The predicted molar refractivity (Wildman–Crippen MR) is 65.4 cm³/mol. The van der Waals surface area contributed by atoms with E-state index in [2.05, 4.69) is 17.1 Å². The number of hydrogen-bond donors (Lipinski definition) is 1. The third-order valence-corrected chi connectivity index (χ3v) is 3.37. The summed E-state index contributed by atoms with van der Waals surface area (Å²) in [6.07, 6.45) is 7.71. The van der Waals surface area contributed by atoms with Gasteiger partial charge in [-0.3, -0.25) is 0 Å². The fourth-order valence-electron chi connectivity index (χ4n) is 2.26. The molecule has 0 bridgehead atoms. The molecular formula is C13H22N2O. The molecule has 3 heteroatoms. The summed E-state index contributed by atoms with van der Waals surface area (Å²) in [5.41, 5.74) is 1.23. The molecule has 16 heavy (non-hydrogen) atoms. The van der Waals surface area contributed by atoms with Gasteiger partial charge in [-0.25, -0.2) is 0 Å². The summed E-state index contributed by atoms with van der Waals surface area (Å²) < 4.78 is 5.08. The van der Waals surface area contributed by atoms with Gasteiger partial charge in [-0.05, 0) is 38.9 Å². The van der Waals surface area contributed by atoms with Crippen LogP contribution < -0.4 is 5.32 Å². The van der Waals surface area contributed by atoms with Gasteiger partial charge in [0.15, 0.2) is 0 Å². The minimum absolute atomic E-state index is 0.392. The second-order valence-corrected chi connectivity index (χ2v) is 4.63. The summed E-state index contributed by atoms with van der Waals surface area (Å²) in [6, 6.07) is 2.42. The van der Waals surface area contributed by atoms with Gasteiger partial charge in [0.2, 0.25) is 0 Å². The van der Waals surface area contributed by atoms with E-state index in [0.29, 0.717) is 6.04 Å². The second kappa shape index (κ2) is 6.06. The quantitative estimate of drug-likeness (QED) is 0.829. The largest absolute Gasteiger partial charge is 0.472 e. The molecule has 1 N–H and O–H groups in total. The Hall–Kier alpha value is -0.800. The first-order chi connectivity index (χ1) is 7.86. The smallest absolute Gasteiger partial charge is 0.0950 e. The zero-order chi connectivity index (χ0) is 11.2. The fraction of sp³-hybridized carbons (Fsp3) is 0.692. The lowest BCUT2D eigenvalue weighted by molar-refractivity contribution is 0.227. The normalized spacial score (nSPS) is 19.8. The van der Waals surface area contributed by atoms with E-state index in [9.17, 15) is 0 Å². The number of piperidine rings is 1. The van der Waals surface area contributed by atoms with Gasteiger partial charge in [-0.2, -0.15) is 0 Å². The molecule has 1 aromatic heterocycles. The predicted octanol–water partition coefficient (Wildman–Crippen LogP) is 2.42. The molecule has 0 spiro atoms. The summed E-state index contributed by atoms with van der Waals surface area (Å²) in [5.74, 6) is 0. The van der Waals surface area contributed by atoms with Crippen LogP contribution in [0.15, 0.2) is 23.0 Å². The number of rotatable bonds is 5. The van der Waals surface area contributed by atoms with Gasteiger partial charge in [0, 0.05) is 24.7 Å². The van der Waals surface area contributed by atoms with Gasteiger partial charge in [0.25, 0.3) is 0 Å². The Bertz CT molecular complexity index is 278. The Labute approximate surface area is 97.8 Å². The molecule has 2 heterocycles. The second-order valence-electron chi connectivity index (χ2n) is 4.63. The van der Waals surface area contributed by atoms with Gasteiger partial charge in [0.05, 0.1) is 12.5 Å². The minimum atomic E-state index is 0.392. The van der Waals surface area contributed by atoms with Crippen LogP contribution in [0.25, 0.3) is 0 Å². The van der Waals surface area contributed by atoms with Crippen molar-refractivity contribution in [2.45, 2.75) is 32.2 Å². The number of likely N-dealkylation sites (tertiary alicyclic amines) is 1. The highest BCUT2D eigenvalue weighted by Gasteiger charge is 2.10. The maximum atomic E-state index is 5.08. The molecule has 3 nitrogen and oxygen atoms in total. The minimum Gasteiger partial charge on any atom is -0.472 e. The van der Waals surface area contributed by atoms with E-state index in [4.69, 9.17) is 4.42 Å². The zero-order valence-electron chi connectivity index (χ0n) is 10.1. The molecule has 90 valence electrons. The van der Waals surface area contributed by atoms with E-state index < -0.39 is 0 Å². The average molecular weight is 222 g/mol. The van der Waals surface area contributed by atoms with Crippen molar-refractivity contribution in [3.05, 3.63) is 24.2 Å². The topological polar surface area (TPSA) is 28.4 Å². The van der Waals surface area contributed by atoms with Crippen molar-refractivity contribution in [1.29, 1.82) is 0 Å². The Morgan fingerprint density at radius 2 is 2.19 bits per heavy atom. The van der Waals surface area contributed by atoms with Gasteiger partial charge in [-0.1, -0.05) is 6.42 Å². The Morgan fingerprint density at radius 3 is 2.88 bits per heavy atom. The van der Waals surface area contributed by atoms with Crippen LogP contribution >= 0.6 is 0 Å². The molecule has 1 aliphatic rings. The number of nitrogens with zero attached hydrogens (tertiary/aromatic N) is 1. The van der Waals surface area contributed by atoms with E-state index in [1.54, 1.807) is 6.26 Å². The maximum absolute atomic E-state index is 5.08. The standard InChI is InChI=1S/C13H22N2O/c1-12(13-5-10-16-11-13)14-6-9-15-7-3-2-4-8-15/h5,10-12,14H,2-4,6-9H2,1H3. The van der Waals surface area contributed by atoms with Crippen molar-refractivity contribution in [3.63, 3.8) is 0 Å². The van der Waals surface area contributed by atoms with E-state index in [-0.39, 0.29) is 0 Å². The Morgan fingerprint density at radius 1 is 1.38 bits per heavy atom. The molecule has 1 saturated heterocycles. The molecule has 1 aromatic rings. The summed E-state index contributed by atoms with van der Waals surface area (Å²) in [4.78, 5) is 2.55. The number of hydrogen-bond acceptors (Lipinski definition) is 3. The molecule has 0 aliphatic carbocycles. The molecular weight excluding hydrogens is 200 g/mol. The number of furan rings is 1. The van der Waals surface area contributed by atoms with Crippen LogP contribution in [-0.4, -0.2) is 31.1 Å². The lowest BCUT2D eigenvalue weighted by atomic mass is 10.1. The zero-order valence-corrected chi connectivity index (χ0v) is 10.1. The van der Waals surface area contributed by atoms with Crippen molar-refractivity contribution < 1.29 is 4.42 Å². The lowest BCUT2D eigenvalue weighted by Crippen LogP contribution is -2.36. The SMILES string of the molecule is CC(NCCN1CCCCC1)c1ccoc1. The van der Waals surface area contributed by atoms with Crippen molar-refractivity contribution in [1.82, 2.24) is 10.2 Å². The Kier molecular flexibility index (Phi) is 4.43. The third-order valence-electron chi connectivity index (χ3n) is 3.37. The van der Waals surface area contributed by atoms with Crippen LogP contribution in [0.1, 0.15) is 37.8 Å². The van der Waals surface area contributed by atoms with E-state index >= 15 is 0 Å². The van der Waals surface area contributed by atoms with Crippen molar-refractivity contribution in [2.75, 3.05) is 26.2 Å². The van der Waals surface area contributed by atoms with Gasteiger partial charge >= 0.3 is 0 Å². The molecule has 1 atom stereocenters. The van der Waals surface area contributed by atoms with Crippen LogP contribution in [0, 0.1) is 0 Å². The van der Waals surface area contributed by atoms with Crippen LogP contribution in [0.5, 0.6) is 0 Å². The van der Waals surface area contributed by atoms with Crippen LogP contribution in [-0.2, 0) is 0 Å². The van der Waals surface area contributed by atoms with Crippen LogP contribution in [0.4, 0.5) is 0 Å². The monoisotopic (exact) mass is 222 g/mol. The molecule has 0 amide bonds. The highest BCUT2D eigenvalue weighted by Crippen LogP contribution is 2.12. The van der Waals surface area contributed by atoms with Crippen molar-refractivity contribution >= 4 is 0 Å². The molecule has 0 radical (unpaired) electrons. The van der Waals surface area contributed by atoms with Gasteiger partial charge in [0.1, 0.15) is 0 Å². The van der Waals surface area contributed by atoms with E-state index in [0.717, 1.165) is 6.54 Å². The molecule has 1 aliphatic heterocycles. The summed E-state index contributed by atoms with van der Waals surface area (Å²) >= 11 is 0. The first-order valence-electron chi connectivity index (χ1n) is 6.34. The first-order valence-corrected chi connectivity index (χ1v) is 6.34. The van der Waals surface area contributed by atoms with Gasteiger partial charge < -0.3 is 14.6 Å². The Balaban J connectivity index is 1.63. The van der Waals surface area contributed by atoms with E-state index in [1.165, 1.54) is 44.5 Å². The average Bonchev–Trinajstić information content (AvgIpc) is 2.84. The van der Waals surface area contributed by atoms with Crippen LogP contribution in [0.2, 0.25) is 0 Å². The van der Waals surface area contributed by atoms with E-state index in [1.807, 2.05) is 12.3 Å². The van der Waals surface area contributed by atoms with Crippen molar-refractivity contribution in [3.8, 4) is 0 Å². The fourth-order valence-corrected chi connectivity index (χ4v) is 2.26. The highest BCUT2D eigenvalue weighted by atomic mass is 16.3. The highest BCUT2D eigenvalue weighted by molar-refractivity contribution is 5.10. The molecule has 1 fully saturated rings. The van der Waals surface area contributed by atoms with Crippen LogP contribution in [0.3, 0.4) is 0 Å². The number of nitrogens with one attached hydrogen (secondary N) is 1. The van der Waals surface area contributed by atoms with Gasteiger partial charge in [-0.15, -0.1) is 0 Å². The molecule has 0 aromatic carbocycles. The van der Waals surface area contributed by atoms with Crippen molar-refractivity contribution in [2.24, 2.45) is 0 Å².